The van der Waals surface area contributed by atoms with E-state index in [0.29, 0.717) is 35.2 Å². The molecule has 2 saturated heterocycles. The molecule has 2 fully saturated rings. The summed E-state index contributed by atoms with van der Waals surface area (Å²) in [5.41, 5.74) is 1.88. The molecule has 10 heteroatoms. The molecule has 2 heterocycles. The fraction of sp³-hybridized carbons (Fsp3) is 0.227. The molecule has 2 amide bonds. The lowest BCUT2D eigenvalue weighted by Gasteiger charge is -2.30. The van der Waals surface area contributed by atoms with Gasteiger partial charge >= 0.3 is 0 Å². The average Bonchev–Trinajstić information content (AvgIpc) is 2.79. The normalized spacial score (nSPS) is 18.2. The summed E-state index contributed by atoms with van der Waals surface area (Å²) in [4.78, 5) is 29.2. The molecule has 0 aliphatic carbocycles. The van der Waals surface area contributed by atoms with Gasteiger partial charge in [0.05, 0.1) is 36.1 Å². The molecule has 7 nitrogen and oxygen atoms in total. The van der Waals surface area contributed by atoms with E-state index in [4.69, 9.17) is 44.9 Å². The monoisotopic (exact) mass is 491 g/mol. The molecule has 0 spiro atoms. The molecule has 32 heavy (non-hydrogen) atoms. The summed E-state index contributed by atoms with van der Waals surface area (Å²) in [5, 5.41) is 3.13. The molecule has 0 saturated carbocycles. The van der Waals surface area contributed by atoms with Crippen LogP contribution in [0.2, 0.25) is 10.0 Å². The third-order valence-electron chi connectivity index (χ3n) is 5.16. The minimum atomic E-state index is -0.587. The summed E-state index contributed by atoms with van der Waals surface area (Å²) in [6.45, 7) is 2.88. The fourth-order valence-electron chi connectivity index (χ4n) is 3.51. The van der Waals surface area contributed by atoms with Gasteiger partial charge in [0.1, 0.15) is 11.3 Å². The standard InChI is InChI=1S/C22H19Cl2N3O4S/c1-30-19-12-14(26-6-8-31-9-7-26)3-2-13(19)10-16-20(28)25-22(32)27(21(16)29)15-4-5-17(23)18(24)11-15/h2-5,10-12H,6-9H2,1H3,(H,25,28,32)/b16-10+. The molecule has 0 unspecified atom stereocenters. The smallest absolute Gasteiger partial charge is 0.270 e. The first-order valence-electron chi connectivity index (χ1n) is 9.76. The van der Waals surface area contributed by atoms with Crippen LogP contribution in [-0.4, -0.2) is 50.3 Å². The minimum absolute atomic E-state index is 0.0369. The van der Waals surface area contributed by atoms with E-state index in [-0.39, 0.29) is 15.7 Å². The van der Waals surface area contributed by atoms with Crippen LogP contribution < -0.4 is 19.9 Å². The average molecular weight is 492 g/mol. The van der Waals surface area contributed by atoms with Crippen LogP contribution >= 0.6 is 35.4 Å². The Morgan fingerprint density at radius 1 is 1.06 bits per heavy atom. The maximum Gasteiger partial charge on any atom is 0.270 e. The van der Waals surface area contributed by atoms with E-state index in [0.717, 1.165) is 18.8 Å². The summed E-state index contributed by atoms with van der Waals surface area (Å²) in [7, 11) is 1.54. The van der Waals surface area contributed by atoms with Crippen molar-refractivity contribution in [1.29, 1.82) is 0 Å². The zero-order chi connectivity index (χ0) is 22.8. The Morgan fingerprint density at radius 2 is 1.78 bits per heavy atom. The van der Waals surface area contributed by atoms with E-state index in [1.54, 1.807) is 19.2 Å². The van der Waals surface area contributed by atoms with Crippen LogP contribution in [0.25, 0.3) is 6.08 Å². The Labute approximate surface area is 200 Å². The molecule has 2 aromatic carbocycles. The Bertz CT molecular complexity index is 1130. The van der Waals surface area contributed by atoms with Crippen LogP contribution in [0.4, 0.5) is 11.4 Å². The van der Waals surface area contributed by atoms with E-state index in [1.807, 2.05) is 18.2 Å². The zero-order valence-corrected chi connectivity index (χ0v) is 19.4. The molecule has 166 valence electrons. The van der Waals surface area contributed by atoms with Gasteiger partial charge in [-0.05, 0) is 48.6 Å². The number of carbonyl (C=O) groups is 2. The lowest BCUT2D eigenvalue weighted by molar-refractivity contribution is -0.122. The van der Waals surface area contributed by atoms with Gasteiger partial charge in [-0.1, -0.05) is 23.2 Å². The largest absolute Gasteiger partial charge is 0.496 e. The number of methoxy groups -OCH3 is 1. The second kappa shape index (κ2) is 9.46. The topological polar surface area (TPSA) is 71.1 Å². The van der Waals surface area contributed by atoms with Crippen molar-refractivity contribution in [2.75, 3.05) is 43.2 Å². The van der Waals surface area contributed by atoms with Crippen LogP contribution in [0.3, 0.4) is 0 Å². The van der Waals surface area contributed by atoms with Crippen molar-refractivity contribution in [1.82, 2.24) is 5.32 Å². The summed E-state index contributed by atoms with van der Waals surface area (Å²) in [6, 6.07) is 10.3. The molecule has 0 atom stereocenters. The first kappa shape index (κ1) is 22.5. The van der Waals surface area contributed by atoms with E-state index in [9.17, 15) is 9.59 Å². The van der Waals surface area contributed by atoms with Gasteiger partial charge in [0, 0.05) is 30.4 Å². The Balaban J connectivity index is 1.68. The lowest BCUT2D eigenvalue weighted by atomic mass is 10.1. The molecule has 0 aromatic heterocycles. The first-order valence-corrected chi connectivity index (χ1v) is 10.9. The first-order chi connectivity index (χ1) is 15.4. The van der Waals surface area contributed by atoms with Crippen LogP contribution in [0.15, 0.2) is 42.0 Å². The number of anilines is 2. The lowest BCUT2D eigenvalue weighted by Crippen LogP contribution is -2.54. The maximum atomic E-state index is 13.2. The van der Waals surface area contributed by atoms with E-state index < -0.39 is 11.8 Å². The Kier molecular flexibility index (Phi) is 6.66. The van der Waals surface area contributed by atoms with E-state index >= 15 is 0 Å². The number of nitrogens with one attached hydrogen (secondary N) is 1. The Morgan fingerprint density at radius 3 is 2.47 bits per heavy atom. The van der Waals surface area contributed by atoms with E-state index in [2.05, 4.69) is 10.2 Å². The highest BCUT2D eigenvalue weighted by Gasteiger charge is 2.35. The van der Waals surface area contributed by atoms with Crippen molar-refractivity contribution in [3.63, 3.8) is 0 Å². The van der Waals surface area contributed by atoms with Crippen molar-refractivity contribution in [3.05, 3.63) is 57.6 Å². The van der Waals surface area contributed by atoms with Crippen LogP contribution in [0.1, 0.15) is 5.56 Å². The van der Waals surface area contributed by atoms with Crippen LogP contribution in [0.5, 0.6) is 5.75 Å². The minimum Gasteiger partial charge on any atom is -0.496 e. The van der Waals surface area contributed by atoms with Crippen molar-refractivity contribution >= 4 is 69.8 Å². The highest BCUT2D eigenvalue weighted by atomic mass is 35.5. The van der Waals surface area contributed by atoms with Crippen molar-refractivity contribution in [2.24, 2.45) is 0 Å². The number of amides is 2. The van der Waals surface area contributed by atoms with Gasteiger partial charge in [-0.2, -0.15) is 0 Å². The van der Waals surface area contributed by atoms with Crippen molar-refractivity contribution in [3.8, 4) is 5.75 Å². The SMILES string of the molecule is COc1cc(N2CCOCC2)ccc1/C=C1\C(=O)NC(=S)N(c2ccc(Cl)c(Cl)c2)C1=O. The number of rotatable bonds is 4. The number of nitrogens with zero attached hydrogens (tertiary/aromatic N) is 2. The molecule has 4 rings (SSSR count). The second-order valence-electron chi connectivity index (χ2n) is 7.08. The van der Waals surface area contributed by atoms with Gasteiger partial charge in [-0.3, -0.25) is 19.8 Å². The predicted molar refractivity (Wildman–Crippen MR) is 129 cm³/mol. The number of halogens is 2. The third kappa shape index (κ3) is 4.45. The molecular weight excluding hydrogens is 473 g/mol. The molecule has 2 aliphatic rings. The summed E-state index contributed by atoms with van der Waals surface area (Å²) < 4.78 is 10.9. The fourth-order valence-corrected chi connectivity index (χ4v) is 4.08. The summed E-state index contributed by atoms with van der Waals surface area (Å²) in [6.07, 6.45) is 1.49. The number of hydrogen-bond acceptors (Lipinski definition) is 6. The second-order valence-corrected chi connectivity index (χ2v) is 8.28. The molecular formula is C22H19Cl2N3O4S. The number of hydrogen-bond donors (Lipinski definition) is 1. The number of ether oxygens (including phenoxy) is 2. The molecule has 2 aliphatic heterocycles. The van der Waals surface area contributed by atoms with Gasteiger partial charge < -0.3 is 14.4 Å². The molecule has 2 aromatic rings. The molecule has 1 N–H and O–H groups in total. The van der Waals surface area contributed by atoms with Gasteiger partial charge in [0.25, 0.3) is 11.8 Å². The maximum absolute atomic E-state index is 13.2. The van der Waals surface area contributed by atoms with Crippen LogP contribution in [0, 0.1) is 0 Å². The number of thiocarbonyl (C=S) groups is 1. The summed E-state index contributed by atoms with van der Waals surface area (Å²) >= 11 is 17.3. The number of carbonyl (C=O) groups excluding carboxylic acids is 2. The van der Waals surface area contributed by atoms with Gasteiger partial charge in [-0.25, -0.2) is 0 Å². The number of morpholine rings is 1. The van der Waals surface area contributed by atoms with Crippen molar-refractivity contribution < 1.29 is 19.1 Å². The highest BCUT2D eigenvalue weighted by molar-refractivity contribution is 7.80. The third-order valence-corrected chi connectivity index (χ3v) is 6.18. The van der Waals surface area contributed by atoms with Crippen molar-refractivity contribution in [2.45, 2.75) is 0 Å². The molecule has 0 bridgehead atoms. The Hall–Kier alpha value is -2.65. The highest BCUT2D eigenvalue weighted by Crippen LogP contribution is 2.31. The van der Waals surface area contributed by atoms with Crippen LogP contribution in [-0.2, 0) is 14.3 Å². The van der Waals surface area contributed by atoms with Gasteiger partial charge in [-0.15, -0.1) is 0 Å². The van der Waals surface area contributed by atoms with Gasteiger partial charge in [0.2, 0.25) is 0 Å². The molecule has 0 radical (unpaired) electrons. The number of benzene rings is 2. The summed E-state index contributed by atoms with van der Waals surface area (Å²) in [5.74, 6) is -0.622. The van der Waals surface area contributed by atoms with E-state index in [1.165, 1.54) is 17.0 Å². The zero-order valence-electron chi connectivity index (χ0n) is 17.1. The van der Waals surface area contributed by atoms with Gasteiger partial charge in [0.15, 0.2) is 5.11 Å². The predicted octanol–water partition coefficient (Wildman–Crippen LogP) is 3.67. The quantitative estimate of drug-likeness (QED) is 0.399.